The van der Waals surface area contributed by atoms with Crippen molar-refractivity contribution in [1.29, 1.82) is 5.26 Å². The van der Waals surface area contributed by atoms with Gasteiger partial charge >= 0.3 is 5.97 Å². The Morgan fingerprint density at radius 3 is 2.18 bits per heavy atom. The maximum Gasteiger partial charge on any atom is 0.306 e. The normalized spacial score (nSPS) is 10.8. The largest absolute Gasteiger partial charge is 0.456 e. The highest BCUT2D eigenvalue weighted by Gasteiger charge is 2.13. The van der Waals surface area contributed by atoms with Crippen LogP contribution >= 0.6 is 0 Å². The van der Waals surface area contributed by atoms with Crippen LogP contribution < -0.4 is 5.32 Å². The van der Waals surface area contributed by atoms with Crippen LogP contribution in [0.1, 0.15) is 43.9 Å². The fourth-order valence-electron chi connectivity index (χ4n) is 2.63. The Bertz CT molecular complexity index is 841. The van der Waals surface area contributed by atoms with Gasteiger partial charge in [-0.2, -0.15) is 5.26 Å². The lowest BCUT2D eigenvalue weighted by molar-refractivity contribution is -0.147. The minimum absolute atomic E-state index is 0.0981. The van der Waals surface area contributed by atoms with Gasteiger partial charge in [0.05, 0.1) is 12.5 Å². The average Bonchev–Trinajstić information content (AvgIpc) is 2.66. The molecule has 2 aromatic carbocycles. The van der Waals surface area contributed by atoms with Gasteiger partial charge in [0.25, 0.3) is 5.91 Å². The Balaban J connectivity index is 1.73. The van der Waals surface area contributed by atoms with Gasteiger partial charge < -0.3 is 10.1 Å². The quantitative estimate of drug-likeness (QED) is 0.734. The molecule has 0 aliphatic rings. The molecule has 1 amide bonds. The van der Waals surface area contributed by atoms with E-state index in [4.69, 9.17) is 10.00 Å². The van der Waals surface area contributed by atoms with E-state index in [1.807, 2.05) is 12.1 Å². The number of hydrogen-bond donors (Lipinski definition) is 1. The Kier molecular flexibility index (Phi) is 7.34. The third kappa shape index (κ3) is 6.88. The topological polar surface area (TPSA) is 79.2 Å². The van der Waals surface area contributed by atoms with Gasteiger partial charge in [-0.3, -0.25) is 9.59 Å². The van der Waals surface area contributed by atoms with Gasteiger partial charge in [-0.25, -0.2) is 0 Å². The summed E-state index contributed by atoms with van der Waals surface area (Å²) in [6.45, 7) is 6.16. The molecule has 0 radical (unpaired) electrons. The fourth-order valence-corrected chi connectivity index (χ4v) is 2.63. The van der Waals surface area contributed by atoms with Crippen LogP contribution in [-0.2, 0) is 32.6 Å². The summed E-state index contributed by atoms with van der Waals surface area (Å²) in [4.78, 5) is 23.8. The molecule has 0 aromatic heterocycles. The van der Waals surface area contributed by atoms with Gasteiger partial charge in [-0.05, 0) is 40.7 Å². The van der Waals surface area contributed by atoms with Crippen molar-refractivity contribution in [3.8, 4) is 6.07 Å². The molecule has 0 atom stereocenters. The highest BCUT2D eigenvalue weighted by molar-refractivity contribution is 5.92. The highest BCUT2D eigenvalue weighted by Crippen LogP contribution is 2.22. The summed E-state index contributed by atoms with van der Waals surface area (Å²) >= 11 is 0. The smallest absolute Gasteiger partial charge is 0.306 e. The summed E-state index contributed by atoms with van der Waals surface area (Å²) in [5, 5.41) is 11.3. The minimum atomic E-state index is -0.403. The van der Waals surface area contributed by atoms with Crippen LogP contribution in [0, 0.1) is 11.3 Å². The number of benzene rings is 2. The Morgan fingerprint density at radius 2 is 1.61 bits per heavy atom. The lowest BCUT2D eigenvalue weighted by atomic mass is 9.86. The van der Waals surface area contributed by atoms with Crippen molar-refractivity contribution in [3.63, 3.8) is 0 Å². The van der Waals surface area contributed by atoms with Crippen LogP contribution in [0.3, 0.4) is 0 Å². The lowest BCUT2D eigenvalue weighted by Crippen LogP contribution is -2.21. The van der Waals surface area contributed by atoms with Crippen molar-refractivity contribution in [2.24, 2.45) is 0 Å². The standard InChI is InChI=1S/C23H26N2O3/c1-23(2,3)19-9-4-17(5-10-19)8-13-22(27)28-16-21(26)25-20-11-6-18(7-12-20)14-15-24/h4-7,9-12H,8,13-14,16H2,1-3H3,(H,25,26). The number of nitriles is 1. The van der Waals surface area contributed by atoms with E-state index in [0.29, 0.717) is 18.5 Å². The van der Waals surface area contributed by atoms with E-state index in [0.717, 1.165) is 11.1 Å². The summed E-state index contributed by atoms with van der Waals surface area (Å²) in [6.07, 6.45) is 1.13. The third-order valence-corrected chi connectivity index (χ3v) is 4.32. The number of carbonyl (C=O) groups is 2. The SMILES string of the molecule is CC(C)(C)c1ccc(CCC(=O)OCC(=O)Nc2ccc(CC#N)cc2)cc1. The monoisotopic (exact) mass is 378 g/mol. The van der Waals surface area contributed by atoms with E-state index in [1.54, 1.807) is 24.3 Å². The number of ether oxygens (including phenoxy) is 1. The molecule has 146 valence electrons. The highest BCUT2D eigenvalue weighted by atomic mass is 16.5. The van der Waals surface area contributed by atoms with E-state index in [-0.39, 0.29) is 18.4 Å². The Hall–Kier alpha value is -3.13. The summed E-state index contributed by atoms with van der Waals surface area (Å²) in [6, 6.07) is 17.3. The second-order valence-electron chi connectivity index (χ2n) is 7.69. The van der Waals surface area contributed by atoms with Crippen molar-refractivity contribution in [1.82, 2.24) is 0 Å². The molecule has 0 heterocycles. The molecular formula is C23H26N2O3. The average molecular weight is 378 g/mol. The summed E-state index contributed by atoms with van der Waals surface area (Å²) < 4.78 is 5.04. The fraction of sp³-hybridized carbons (Fsp3) is 0.348. The van der Waals surface area contributed by atoms with Crippen molar-refractivity contribution in [2.75, 3.05) is 11.9 Å². The zero-order valence-corrected chi connectivity index (χ0v) is 16.6. The molecule has 0 saturated heterocycles. The van der Waals surface area contributed by atoms with E-state index in [9.17, 15) is 9.59 Å². The molecule has 0 aliphatic heterocycles. The zero-order valence-electron chi connectivity index (χ0n) is 16.6. The minimum Gasteiger partial charge on any atom is -0.456 e. The molecule has 0 spiro atoms. The predicted octanol–water partition coefficient (Wildman–Crippen LogP) is 4.16. The molecule has 1 N–H and O–H groups in total. The summed E-state index contributed by atoms with van der Waals surface area (Å²) in [5.41, 5.74) is 3.88. The number of hydrogen-bond acceptors (Lipinski definition) is 4. The first-order valence-corrected chi connectivity index (χ1v) is 9.29. The van der Waals surface area contributed by atoms with Crippen LogP contribution in [-0.4, -0.2) is 18.5 Å². The first-order valence-electron chi connectivity index (χ1n) is 9.29. The van der Waals surface area contributed by atoms with Gasteiger partial charge in [-0.15, -0.1) is 0 Å². The Labute approximate surface area is 166 Å². The number of amides is 1. The second-order valence-corrected chi connectivity index (χ2v) is 7.69. The first kappa shape index (κ1) is 21.2. The maximum absolute atomic E-state index is 11.9. The number of carbonyl (C=O) groups excluding carboxylic acids is 2. The van der Waals surface area contributed by atoms with E-state index >= 15 is 0 Å². The zero-order chi connectivity index (χ0) is 20.6. The van der Waals surface area contributed by atoms with Crippen LogP contribution in [0.5, 0.6) is 0 Å². The molecule has 2 rings (SSSR count). The van der Waals surface area contributed by atoms with Crippen LogP contribution in [0.4, 0.5) is 5.69 Å². The molecule has 5 nitrogen and oxygen atoms in total. The molecular weight excluding hydrogens is 352 g/mol. The van der Waals surface area contributed by atoms with E-state index in [1.165, 1.54) is 5.56 Å². The van der Waals surface area contributed by atoms with Crippen LogP contribution in [0.25, 0.3) is 0 Å². The molecule has 0 aliphatic carbocycles. The number of nitrogens with one attached hydrogen (secondary N) is 1. The molecule has 0 unspecified atom stereocenters. The molecule has 5 heteroatoms. The second kappa shape index (κ2) is 9.70. The van der Waals surface area contributed by atoms with Gasteiger partial charge in [0.1, 0.15) is 0 Å². The molecule has 28 heavy (non-hydrogen) atoms. The number of esters is 1. The first-order chi connectivity index (χ1) is 13.3. The van der Waals surface area contributed by atoms with E-state index < -0.39 is 11.9 Å². The summed E-state index contributed by atoms with van der Waals surface area (Å²) in [5.74, 6) is -0.796. The maximum atomic E-state index is 11.9. The van der Waals surface area contributed by atoms with Crippen molar-refractivity contribution in [2.45, 2.75) is 45.4 Å². The third-order valence-electron chi connectivity index (χ3n) is 4.32. The molecule has 0 fully saturated rings. The molecule has 2 aromatic rings. The van der Waals surface area contributed by atoms with Crippen molar-refractivity contribution >= 4 is 17.6 Å². The van der Waals surface area contributed by atoms with Gasteiger partial charge in [0.15, 0.2) is 6.61 Å². The van der Waals surface area contributed by atoms with Crippen LogP contribution in [0.2, 0.25) is 0 Å². The van der Waals surface area contributed by atoms with Crippen LogP contribution in [0.15, 0.2) is 48.5 Å². The number of nitrogens with zero attached hydrogens (tertiary/aromatic N) is 1. The van der Waals surface area contributed by atoms with E-state index in [2.05, 4.69) is 44.3 Å². The Morgan fingerprint density at radius 1 is 1.00 bits per heavy atom. The number of aryl methyl sites for hydroxylation is 1. The van der Waals surface area contributed by atoms with Crippen molar-refractivity contribution < 1.29 is 14.3 Å². The predicted molar refractivity (Wildman–Crippen MR) is 109 cm³/mol. The van der Waals surface area contributed by atoms with Gasteiger partial charge in [0, 0.05) is 12.1 Å². The lowest BCUT2D eigenvalue weighted by Gasteiger charge is -2.19. The van der Waals surface area contributed by atoms with Gasteiger partial charge in [-0.1, -0.05) is 57.2 Å². The molecule has 0 bridgehead atoms. The number of rotatable bonds is 7. The molecule has 0 saturated carbocycles. The van der Waals surface area contributed by atoms with Gasteiger partial charge in [0.2, 0.25) is 0 Å². The summed E-state index contributed by atoms with van der Waals surface area (Å²) in [7, 11) is 0. The van der Waals surface area contributed by atoms with Crippen molar-refractivity contribution in [3.05, 3.63) is 65.2 Å². The number of anilines is 1.